The summed E-state index contributed by atoms with van der Waals surface area (Å²) in [4.78, 5) is 0. The van der Waals surface area contributed by atoms with Crippen LogP contribution in [0.4, 0.5) is 0 Å². The maximum atomic E-state index is 11.8. The topological polar surface area (TPSA) is 74.8 Å². The summed E-state index contributed by atoms with van der Waals surface area (Å²) >= 11 is 0. The Kier molecular flexibility index (Phi) is 5.06. The molecule has 25 heavy (non-hydrogen) atoms. The van der Waals surface area contributed by atoms with Crippen molar-refractivity contribution in [2.75, 3.05) is 34.4 Å². The van der Waals surface area contributed by atoms with E-state index >= 15 is 0 Å². The molecule has 0 amide bonds. The van der Waals surface area contributed by atoms with Crippen molar-refractivity contribution in [1.82, 2.24) is 16.0 Å². The average molecular weight is 347 g/mol. The van der Waals surface area contributed by atoms with E-state index in [9.17, 15) is 5.11 Å². The second-order valence-corrected chi connectivity index (χ2v) is 6.54. The van der Waals surface area contributed by atoms with Crippen molar-refractivity contribution in [2.45, 2.75) is 37.2 Å². The third-order valence-corrected chi connectivity index (χ3v) is 5.40. The molecule has 0 spiro atoms. The van der Waals surface area contributed by atoms with Crippen LogP contribution in [0, 0.1) is 0 Å². The number of rotatable bonds is 6. The molecule has 0 radical (unpaired) electrons. The highest BCUT2D eigenvalue weighted by Crippen LogP contribution is 2.46. The molecule has 1 fully saturated rings. The van der Waals surface area contributed by atoms with E-state index in [4.69, 9.17) is 9.47 Å². The van der Waals surface area contributed by atoms with E-state index in [0.717, 1.165) is 22.5 Å². The van der Waals surface area contributed by atoms with Gasteiger partial charge in [-0.25, -0.2) is 0 Å². The molecule has 138 valence electrons. The van der Waals surface area contributed by atoms with E-state index in [2.05, 4.69) is 16.0 Å². The van der Waals surface area contributed by atoms with E-state index in [0.29, 0.717) is 26.1 Å². The van der Waals surface area contributed by atoms with Crippen LogP contribution in [0.15, 0.2) is 35.7 Å². The molecule has 1 aliphatic carbocycles. The van der Waals surface area contributed by atoms with E-state index in [1.807, 2.05) is 52.3 Å². The zero-order chi connectivity index (χ0) is 18.1. The molecule has 6 heteroatoms. The molecule has 3 rings (SSSR count). The Balaban J connectivity index is 2.15. The number of ether oxygens (including phenoxy) is 2. The summed E-state index contributed by atoms with van der Waals surface area (Å²) in [6.07, 6.45) is 1.22. The zero-order valence-electron chi connectivity index (χ0n) is 15.5. The van der Waals surface area contributed by atoms with Crippen LogP contribution in [0.1, 0.15) is 30.9 Å². The summed E-state index contributed by atoms with van der Waals surface area (Å²) in [5.74, 6) is -0.789. The molecule has 1 heterocycles. The normalized spacial score (nSPS) is 28.4. The number of hydrogen-bond donors (Lipinski definition) is 4. The zero-order valence-corrected chi connectivity index (χ0v) is 15.5. The highest BCUT2D eigenvalue weighted by molar-refractivity contribution is 5.46. The Bertz CT molecular complexity index is 655. The maximum absolute atomic E-state index is 11.8. The summed E-state index contributed by atoms with van der Waals surface area (Å²) in [6, 6.07) is 7.93. The van der Waals surface area contributed by atoms with Gasteiger partial charge in [0, 0.05) is 32.5 Å². The Hall–Kier alpha value is -1.60. The minimum atomic E-state index is -1.14. The summed E-state index contributed by atoms with van der Waals surface area (Å²) in [7, 11) is 5.63. The van der Waals surface area contributed by atoms with Gasteiger partial charge in [0.2, 0.25) is 0 Å². The van der Waals surface area contributed by atoms with Crippen LogP contribution in [0.3, 0.4) is 0 Å². The fourth-order valence-corrected chi connectivity index (χ4v) is 4.21. The molecular weight excluding hydrogens is 318 g/mol. The molecule has 2 aliphatic rings. The molecule has 1 aliphatic heterocycles. The Morgan fingerprint density at radius 2 is 1.72 bits per heavy atom. The van der Waals surface area contributed by atoms with Crippen LogP contribution in [0.25, 0.3) is 0 Å². The molecule has 2 unspecified atom stereocenters. The second kappa shape index (κ2) is 6.96. The van der Waals surface area contributed by atoms with Gasteiger partial charge in [-0.05, 0) is 12.6 Å². The third-order valence-electron chi connectivity index (χ3n) is 5.40. The van der Waals surface area contributed by atoms with Gasteiger partial charge in [-0.2, -0.15) is 0 Å². The molecule has 1 aromatic carbocycles. The van der Waals surface area contributed by atoms with Gasteiger partial charge >= 0.3 is 0 Å². The third kappa shape index (κ3) is 2.73. The van der Waals surface area contributed by atoms with Gasteiger partial charge < -0.3 is 30.5 Å². The van der Waals surface area contributed by atoms with Gasteiger partial charge in [0.05, 0.1) is 30.6 Å². The predicted molar refractivity (Wildman–Crippen MR) is 96.8 cm³/mol. The standard InChI is InChI=1S/C19H29N3O3/c1-5-19(24-10-11-25-19)14-9-7-6-8-13(14)18(23)12-15(20-2)16(21-3)17(18)22-4/h6-9,15,20-23H,5,10-12H2,1-4H3. The molecule has 6 nitrogen and oxygen atoms in total. The lowest BCUT2D eigenvalue weighted by atomic mass is 9.83. The molecule has 0 bridgehead atoms. The van der Waals surface area contributed by atoms with Crippen LogP contribution in [-0.2, 0) is 20.9 Å². The van der Waals surface area contributed by atoms with Crippen molar-refractivity contribution in [3.05, 3.63) is 46.8 Å². The van der Waals surface area contributed by atoms with Crippen LogP contribution in [0.2, 0.25) is 0 Å². The van der Waals surface area contributed by atoms with E-state index in [1.165, 1.54) is 0 Å². The number of nitrogens with one attached hydrogen (secondary N) is 3. The smallest absolute Gasteiger partial charge is 0.195 e. The Morgan fingerprint density at radius 3 is 2.24 bits per heavy atom. The van der Waals surface area contributed by atoms with Gasteiger partial charge in [0.1, 0.15) is 5.60 Å². The summed E-state index contributed by atoms with van der Waals surface area (Å²) in [5, 5.41) is 21.5. The minimum absolute atomic E-state index is 0.0356. The molecule has 4 N–H and O–H groups in total. The van der Waals surface area contributed by atoms with Crippen LogP contribution in [0.5, 0.6) is 0 Å². The van der Waals surface area contributed by atoms with Crippen molar-refractivity contribution >= 4 is 0 Å². The lowest BCUT2D eigenvalue weighted by molar-refractivity contribution is -0.169. The summed E-state index contributed by atoms with van der Waals surface area (Å²) < 4.78 is 12.0. The monoisotopic (exact) mass is 347 g/mol. The molecule has 0 aromatic heterocycles. The van der Waals surface area contributed by atoms with Crippen molar-refractivity contribution in [1.29, 1.82) is 0 Å². The first-order valence-electron chi connectivity index (χ1n) is 8.94. The molecule has 2 atom stereocenters. The first-order valence-corrected chi connectivity index (χ1v) is 8.94. The number of benzene rings is 1. The number of likely N-dealkylation sites (N-methyl/N-ethyl adjacent to an activating group) is 3. The molecular formula is C19H29N3O3. The van der Waals surface area contributed by atoms with Crippen molar-refractivity contribution in [2.24, 2.45) is 0 Å². The molecule has 0 saturated carbocycles. The molecule has 1 aromatic rings. The predicted octanol–water partition coefficient (Wildman–Crippen LogP) is 1.13. The van der Waals surface area contributed by atoms with Gasteiger partial charge in [-0.1, -0.05) is 31.2 Å². The SMILES string of the molecule is CCC1(c2ccccc2C2(O)CC(NC)C(NC)=C2NC)OCCO1. The maximum Gasteiger partial charge on any atom is 0.195 e. The lowest BCUT2D eigenvalue weighted by Crippen LogP contribution is -2.38. The highest BCUT2D eigenvalue weighted by Gasteiger charge is 2.49. The van der Waals surface area contributed by atoms with Gasteiger partial charge in [0.15, 0.2) is 5.79 Å². The van der Waals surface area contributed by atoms with Crippen molar-refractivity contribution in [3.63, 3.8) is 0 Å². The van der Waals surface area contributed by atoms with E-state index in [1.54, 1.807) is 0 Å². The quantitative estimate of drug-likeness (QED) is 0.618. The van der Waals surface area contributed by atoms with Crippen LogP contribution >= 0.6 is 0 Å². The van der Waals surface area contributed by atoms with E-state index in [-0.39, 0.29) is 6.04 Å². The fourth-order valence-electron chi connectivity index (χ4n) is 4.21. The van der Waals surface area contributed by atoms with Gasteiger partial charge in [-0.15, -0.1) is 0 Å². The number of aliphatic hydroxyl groups is 1. The van der Waals surface area contributed by atoms with Crippen molar-refractivity contribution < 1.29 is 14.6 Å². The lowest BCUT2D eigenvalue weighted by Gasteiger charge is -2.35. The first kappa shape index (κ1) is 18.2. The van der Waals surface area contributed by atoms with Crippen LogP contribution in [-0.4, -0.2) is 45.5 Å². The van der Waals surface area contributed by atoms with E-state index < -0.39 is 11.4 Å². The van der Waals surface area contributed by atoms with Gasteiger partial charge in [-0.3, -0.25) is 0 Å². The first-order chi connectivity index (χ1) is 12.1. The average Bonchev–Trinajstić information content (AvgIpc) is 3.24. The van der Waals surface area contributed by atoms with Crippen LogP contribution < -0.4 is 16.0 Å². The Labute approximate surface area is 149 Å². The number of hydrogen-bond acceptors (Lipinski definition) is 6. The fraction of sp³-hybridized carbons (Fsp3) is 0.579. The summed E-state index contributed by atoms with van der Waals surface area (Å²) in [5.41, 5.74) is 2.34. The Morgan fingerprint density at radius 1 is 1.08 bits per heavy atom. The highest BCUT2D eigenvalue weighted by atomic mass is 16.7. The largest absolute Gasteiger partial charge is 0.389 e. The molecule has 1 saturated heterocycles. The van der Waals surface area contributed by atoms with Crippen molar-refractivity contribution in [3.8, 4) is 0 Å². The second-order valence-electron chi connectivity index (χ2n) is 6.54. The minimum Gasteiger partial charge on any atom is -0.389 e. The van der Waals surface area contributed by atoms with Gasteiger partial charge in [0.25, 0.3) is 0 Å². The summed E-state index contributed by atoms with van der Waals surface area (Å²) in [6.45, 7) is 3.18.